The van der Waals surface area contributed by atoms with Crippen LogP contribution in [-0.2, 0) is 9.09 Å². The minimum absolute atomic E-state index is 0.0829. The standard InChI is InChI=1S/C11H15N4O3P/c1-3-18-19(2,17)14-10-11(16)15(12)9-7-5-4-6-8(9)13-10/h4-7H,3,12H2,1-2H3,(H,13,14,17). The minimum Gasteiger partial charge on any atom is -0.336 e. The van der Waals surface area contributed by atoms with Crippen molar-refractivity contribution < 1.29 is 9.09 Å². The summed E-state index contributed by atoms with van der Waals surface area (Å²) in [7, 11) is -3.12. The van der Waals surface area contributed by atoms with Gasteiger partial charge in [0, 0.05) is 6.66 Å². The van der Waals surface area contributed by atoms with Crippen LogP contribution in [0.5, 0.6) is 0 Å². The summed E-state index contributed by atoms with van der Waals surface area (Å²) in [6.07, 6.45) is 0. The maximum absolute atomic E-state index is 12.0. The van der Waals surface area contributed by atoms with Gasteiger partial charge >= 0.3 is 5.56 Å². The number of fused-ring (bicyclic) bond motifs is 1. The van der Waals surface area contributed by atoms with Crippen LogP contribution in [-0.4, -0.2) is 22.9 Å². The van der Waals surface area contributed by atoms with Gasteiger partial charge in [-0.3, -0.25) is 14.4 Å². The molecule has 0 bridgehead atoms. The molecule has 3 N–H and O–H groups in total. The number of para-hydroxylation sites is 2. The van der Waals surface area contributed by atoms with Crippen LogP contribution in [0.3, 0.4) is 0 Å². The highest BCUT2D eigenvalue weighted by molar-refractivity contribution is 7.59. The Bertz CT molecular complexity index is 713. The van der Waals surface area contributed by atoms with Gasteiger partial charge in [-0.2, -0.15) is 0 Å². The van der Waals surface area contributed by atoms with Crippen molar-refractivity contribution >= 4 is 24.4 Å². The Morgan fingerprint density at radius 1 is 1.47 bits per heavy atom. The van der Waals surface area contributed by atoms with Gasteiger partial charge in [-0.1, -0.05) is 12.1 Å². The van der Waals surface area contributed by atoms with Gasteiger partial charge in [0.05, 0.1) is 17.6 Å². The molecular formula is C11H15N4O3P. The molecule has 1 heterocycles. The zero-order valence-corrected chi connectivity index (χ0v) is 11.6. The predicted molar refractivity (Wildman–Crippen MR) is 74.9 cm³/mol. The third-order valence-electron chi connectivity index (χ3n) is 2.48. The average Bonchev–Trinajstić information content (AvgIpc) is 2.35. The van der Waals surface area contributed by atoms with Crippen molar-refractivity contribution in [1.82, 2.24) is 9.66 Å². The first-order valence-corrected chi connectivity index (χ1v) is 7.79. The van der Waals surface area contributed by atoms with E-state index in [4.69, 9.17) is 10.4 Å². The SMILES string of the molecule is CCOP(C)(=O)Nc1nc2ccccc2n(N)c1=O. The van der Waals surface area contributed by atoms with Crippen LogP contribution in [0.2, 0.25) is 0 Å². The van der Waals surface area contributed by atoms with E-state index in [1.165, 1.54) is 6.66 Å². The Morgan fingerprint density at radius 2 is 2.16 bits per heavy atom. The molecule has 0 aliphatic carbocycles. The highest BCUT2D eigenvalue weighted by atomic mass is 31.2. The lowest BCUT2D eigenvalue weighted by atomic mass is 10.3. The summed E-state index contributed by atoms with van der Waals surface area (Å²) in [6, 6.07) is 6.93. The van der Waals surface area contributed by atoms with Crippen molar-refractivity contribution in [2.24, 2.45) is 0 Å². The molecule has 19 heavy (non-hydrogen) atoms. The second-order valence-electron chi connectivity index (χ2n) is 4.00. The maximum atomic E-state index is 12.0. The molecule has 0 amide bonds. The summed E-state index contributed by atoms with van der Waals surface area (Å²) in [5.74, 6) is 5.62. The molecular weight excluding hydrogens is 267 g/mol. The molecule has 0 fully saturated rings. The van der Waals surface area contributed by atoms with Crippen molar-refractivity contribution in [1.29, 1.82) is 0 Å². The van der Waals surface area contributed by atoms with Gasteiger partial charge in [0.2, 0.25) is 5.82 Å². The van der Waals surface area contributed by atoms with Gasteiger partial charge in [-0.15, -0.1) is 0 Å². The summed E-state index contributed by atoms with van der Waals surface area (Å²) in [4.78, 5) is 16.1. The van der Waals surface area contributed by atoms with Crippen LogP contribution in [0.15, 0.2) is 29.1 Å². The van der Waals surface area contributed by atoms with Crippen molar-refractivity contribution in [3.63, 3.8) is 0 Å². The number of nitrogen functional groups attached to an aromatic ring is 1. The van der Waals surface area contributed by atoms with Crippen molar-refractivity contribution in [2.75, 3.05) is 24.2 Å². The van der Waals surface area contributed by atoms with Gasteiger partial charge in [0.1, 0.15) is 0 Å². The fourth-order valence-corrected chi connectivity index (χ4v) is 2.79. The first-order chi connectivity index (χ1) is 8.94. The molecule has 0 aliphatic heterocycles. The number of hydrogen-bond acceptors (Lipinski definition) is 5. The first kappa shape index (κ1) is 13.6. The van der Waals surface area contributed by atoms with E-state index in [1.807, 2.05) is 0 Å². The molecule has 102 valence electrons. The fraction of sp³-hybridized carbons (Fsp3) is 0.273. The van der Waals surface area contributed by atoms with Gasteiger partial charge in [0.25, 0.3) is 7.52 Å². The minimum atomic E-state index is -3.12. The topological polar surface area (TPSA) is 99.2 Å². The number of nitrogens with zero attached hydrogens (tertiary/aromatic N) is 2. The van der Waals surface area contributed by atoms with Gasteiger partial charge in [-0.25, -0.2) is 9.66 Å². The number of anilines is 1. The molecule has 2 rings (SSSR count). The van der Waals surface area contributed by atoms with Gasteiger partial charge in [0.15, 0.2) is 0 Å². The van der Waals surface area contributed by atoms with E-state index < -0.39 is 13.1 Å². The summed E-state index contributed by atoms with van der Waals surface area (Å²) in [5, 5.41) is 2.53. The number of nitrogens with one attached hydrogen (secondary N) is 1. The summed E-state index contributed by atoms with van der Waals surface area (Å²) in [5.41, 5.74) is 0.476. The zero-order chi connectivity index (χ0) is 14.0. The average molecular weight is 282 g/mol. The van der Waals surface area contributed by atoms with Gasteiger partial charge in [-0.05, 0) is 19.1 Å². The molecule has 1 atom stereocenters. The lowest BCUT2D eigenvalue weighted by Crippen LogP contribution is -2.30. The Balaban J connectivity index is 2.53. The smallest absolute Gasteiger partial charge is 0.312 e. The second kappa shape index (κ2) is 5.03. The molecule has 0 radical (unpaired) electrons. The number of aromatic nitrogens is 2. The molecule has 0 saturated carbocycles. The molecule has 1 aromatic carbocycles. The van der Waals surface area contributed by atoms with Crippen molar-refractivity contribution in [3.05, 3.63) is 34.6 Å². The largest absolute Gasteiger partial charge is 0.336 e. The number of benzene rings is 1. The number of nitrogens with two attached hydrogens (primary N) is 1. The molecule has 0 saturated heterocycles. The van der Waals surface area contributed by atoms with Crippen LogP contribution in [0.1, 0.15) is 6.92 Å². The van der Waals surface area contributed by atoms with Crippen LogP contribution in [0.25, 0.3) is 11.0 Å². The number of hydrogen-bond donors (Lipinski definition) is 2. The highest BCUT2D eigenvalue weighted by Gasteiger charge is 2.19. The highest BCUT2D eigenvalue weighted by Crippen LogP contribution is 2.41. The van der Waals surface area contributed by atoms with E-state index >= 15 is 0 Å². The van der Waals surface area contributed by atoms with E-state index in [0.29, 0.717) is 11.0 Å². The maximum Gasteiger partial charge on any atom is 0.312 e. The molecule has 7 nitrogen and oxygen atoms in total. The molecule has 1 unspecified atom stereocenters. The van der Waals surface area contributed by atoms with Gasteiger partial charge < -0.3 is 10.4 Å². The summed E-state index contributed by atoms with van der Waals surface area (Å²) in [6.45, 7) is 3.37. The third kappa shape index (κ3) is 2.77. The fourth-order valence-electron chi connectivity index (χ4n) is 1.70. The van der Waals surface area contributed by atoms with E-state index in [-0.39, 0.29) is 12.4 Å². The van der Waals surface area contributed by atoms with Crippen LogP contribution < -0.4 is 16.5 Å². The molecule has 1 aromatic heterocycles. The lowest BCUT2D eigenvalue weighted by Gasteiger charge is -2.15. The van der Waals surface area contributed by atoms with Crippen LogP contribution in [0, 0.1) is 0 Å². The Morgan fingerprint density at radius 3 is 2.84 bits per heavy atom. The van der Waals surface area contributed by atoms with E-state index in [9.17, 15) is 9.36 Å². The Labute approximate surface area is 109 Å². The zero-order valence-electron chi connectivity index (χ0n) is 10.7. The quantitative estimate of drug-likeness (QED) is 0.649. The van der Waals surface area contributed by atoms with E-state index in [1.54, 1.807) is 31.2 Å². The van der Waals surface area contributed by atoms with Crippen molar-refractivity contribution in [3.8, 4) is 0 Å². The molecule has 2 aromatic rings. The van der Waals surface area contributed by atoms with E-state index in [2.05, 4.69) is 10.1 Å². The Hall–Kier alpha value is -1.85. The molecule has 8 heteroatoms. The third-order valence-corrected chi connectivity index (χ3v) is 3.85. The second-order valence-corrected chi connectivity index (χ2v) is 6.17. The molecule has 0 aliphatic rings. The monoisotopic (exact) mass is 282 g/mol. The first-order valence-electron chi connectivity index (χ1n) is 5.72. The van der Waals surface area contributed by atoms with Crippen LogP contribution in [0.4, 0.5) is 5.82 Å². The van der Waals surface area contributed by atoms with E-state index in [0.717, 1.165) is 4.68 Å². The lowest BCUT2D eigenvalue weighted by molar-refractivity contribution is 0.341. The summed E-state index contributed by atoms with van der Waals surface area (Å²) >= 11 is 0. The van der Waals surface area contributed by atoms with Crippen LogP contribution >= 0.6 is 7.52 Å². The normalized spacial score (nSPS) is 14.2. The Kier molecular flexibility index (Phi) is 3.59. The van der Waals surface area contributed by atoms with Crippen molar-refractivity contribution in [2.45, 2.75) is 6.92 Å². The molecule has 0 spiro atoms. The summed E-state index contributed by atoms with van der Waals surface area (Å²) < 4.78 is 18.0. The predicted octanol–water partition coefficient (Wildman–Crippen LogP) is 1.38. The number of rotatable bonds is 4.